The van der Waals surface area contributed by atoms with E-state index in [1.54, 1.807) is 22.9 Å². The number of carbonyl (C=O) groups is 1. The number of benzene rings is 2. The van der Waals surface area contributed by atoms with Crippen LogP contribution in [0.1, 0.15) is 23.8 Å². The number of anilines is 1. The summed E-state index contributed by atoms with van der Waals surface area (Å²) < 4.78 is 28.0. The van der Waals surface area contributed by atoms with Crippen LogP contribution in [0.3, 0.4) is 0 Å². The van der Waals surface area contributed by atoms with E-state index in [1.807, 2.05) is 6.92 Å². The lowest BCUT2D eigenvalue weighted by atomic mass is 10.1. The number of nitrogens with one attached hydrogen (secondary N) is 1. The van der Waals surface area contributed by atoms with Crippen LogP contribution < -0.4 is 5.32 Å². The first-order valence-corrected chi connectivity index (χ1v) is 7.97. The molecular weight excluding hydrogens is 324 g/mol. The maximum absolute atomic E-state index is 13.4. The van der Waals surface area contributed by atoms with Gasteiger partial charge in [-0.15, -0.1) is 0 Å². The topological polar surface area (TPSA) is 46.9 Å². The largest absolute Gasteiger partial charge is 0.321 e. The summed E-state index contributed by atoms with van der Waals surface area (Å²) in [6.45, 7) is 2.53. The summed E-state index contributed by atoms with van der Waals surface area (Å²) >= 11 is 0. The minimum atomic E-state index is -0.373. The van der Waals surface area contributed by atoms with Gasteiger partial charge in [-0.05, 0) is 48.9 Å². The first-order chi connectivity index (χ1) is 12.1. The molecule has 1 heterocycles. The van der Waals surface area contributed by atoms with Crippen LogP contribution in [0.2, 0.25) is 0 Å². The molecule has 0 aliphatic rings. The van der Waals surface area contributed by atoms with E-state index in [2.05, 4.69) is 10.4 Å². The Labute approximate surface area is 144 Å². The maximum Gasteiger partial charge on any atom is 0.273 e. The van der Waals surface area contributed by atoms with E-state index >= 15 is 0 Å². The average Bonchev–Trinajstić information content (AvgIpc) is 3.01. The lowest BCUT2D eigenvalue weighted by molar-refractivity contribution is 0.101. The van der Waals surface area contributed by atoms with E-state index < -0.39 is 0 Å². The number of aromatic nitrogens is 2. The Morgan fingerprint density at radius 2 is 1.84 bits per heavy atom. The summed E-state index contributed by atoms with van der Waals surface area (Å²) in [5.41, 5.74) is 1.98. The van der Waals surface area contributed by atoms with Crippen LogP contribution in [0.15, 0.2) is 54.6 Å². The number of nitrogens with zero attached hydrogens (tertiary/aromatic N) is 2. The Bertz CT molecular complexity index is 888. The van der Waals surface area contributed by atoms with Gasteiger partial charge < -0.3 is 5.32 Å². The number of hydrogen-bond acceptors (Lipinski definition) is 2. The molecule has 3 aromatic rings. The highest BCUT2D eigenvalue weighted by Gasteiger charge is 2.16. The summed E-state index contributed by atoms with van der Waals surface area (Å²) in [4.78, 5) is 12.6. The summed E-state index contributed by atoms with van der Waals surface area (Å²) in [5, 5.41) is 7.14. The van der Waals surface area contributed by atoms with Crippen LogP contribution in [0, 0.1) is 11.6 Å². The molecule has 0 bridgehead atoms. The van der Waals surface area contributed by atoms with Crippen LogP contribution in [-0.2, 0) is 6.54 Å². The molecule has 128 valence electrons. The molecule has 1 N–H and O–H groups in total. The van der Waals surface area contributed by atoms with Gasteiger partial charge in [0, 0.05) is 17.8 Å². The molecule has 4 nitrogen and oxygen atoms in total. The standard InChI is InChI=1S/C19H17F2N3O/c1-2-10-24-18(19(25)22-16-8-6-14(20)7-9-16)12-17(23-24)13-4-3-5-15(21)11-13/h3-9,11-12H,2,10H2,1H3,(H,22,25). The molecule has 0 saturated heterocycles. The SMILES string of the molecule is CCCn1nc(-c2cccc(F)c2)cc1C(=O)Nc1ccc(F)cc1. The van der Waals surface area contributed by atoms with E-state index in [-0.39, 0.29) is 17.5 Å². The molecule has 25 heavy (non-hydrogen) atoms. The van der Waals surface area contributed by atoms with Gasteiger partial charge in [0.1, 0.15) is 17.3 Å². The molecule has 2 aromatic carbocycles. The van der Waals surface area contributed by atoms with E-state index in [0.29, 0.717) is 29.2 Å². The van der Waals surface area contributed by atoms with E-state index in [4.69, 9.17) is 0 Å². The third kappa shape index (κ3) is 3.91. The van der Waals surface area contributed by atoms with Crippen molar-refractivity contribution >= 4 is 11.6 Å². The van der Waals surface area contributed by atoms with Crippen molar-refractivity contribution in [2.75, 3.05) is 5.32 Å². The first-order valence-electron chi connectivity index (χ1n) is 7.97. The smallest absolute Gasteiger partial charge is 0.273 e. The fraction of sp³-hybridized carbons (Fsp3) is 0.158. The zero-order valence-electron chi connectivity index (χ0n) is 13.7. The van der Waals surface area contributed by atoms with E-state index in [1.165, 1.54) is 36.4 Å². The van der Waals surface area contributed by atoms with Crippen LogP contribution in [-0.4, -0.2) is 15.7 Å². The highest BCUT2D eigenvalue weighted by Crippen LogP contribution is 2.21. The Kier molecular flexibility index (Phi) is 4.88. The molecule has 0 fully saturated rings. The minimum Gasteiger partial charge on any atom is -0.321 e. The second-order valence-electron chi connectivity index (χ2n) is 5.61. The summed E-state index contributed by atoms with van der Waals surface area (Å²) in [6, 6.07) is 13.2. The van der Waals surface area contributed by atoms with Crippen molar-refractivity contribution in [1.82, 2.24) is 9.78 Å². The van der Waals surface area contributed by atoms with Crippen LogP contribution in [0.25, 0.3) is 11.3 Å². The molecule has 0 unspecified atom stereocenters. The van der Waals surface area contributed by atoms with Gasteiger partial charge >= 0.3 is 0 Å². The van der Waals surface area contributed by atoms with Gasteiger partial charge in [-0.3, -0.25) is 9.48 Å². The number of carbonyl (C=O) groups excluding carboxylic acids is 1. The normalized spacial score (nSPS) is 10.7. The molecule has 0 aliphatic carbocycles. The minimum absolute atomic E-state index is 0.352. The molecule has 0 radical (unpaired) electrons. The molecule has 0 aliphatic heterocycles. The number of rotatable bonds is 5. The fourth-order valence-corrected chi connectivity index (χ4v) is 2.50. The van der Waals surface area contributed by atoms with Crippen molar-refractivity contribution in [3.8, 4) is 11.3 Å². The Morgan fingerprint density at radius 3 is 2.52 bits per heavy atom. The Morgan fingerprint density at radius 1 is 1.08 bits per heavy atom. The number of hydrogen-bond donors (Lipinski definition) is 1. The molecule has 6 heteroatoms. The monoisotopic (exact) mass is 341 g/mol. The van der Waals surface area contributed by atoms with Crippen molar-refractivity contribution in [1.29, 1.82) is 0 Å². The van der Waals surface area contributed by atoms with Crippen molar-refractivity contribution in [3.63, 3.8) is 0 Å². The maximum atomic E-state index is 13.4. The summed E-state index contributed by atoms with van der Waals surface area (Å²) in [7, 11) is 0. The lowest BCUT2D eigenvalue weighted by Crippen LogP contribution is -2.17. The molecule has 0 atom stereocenters. The van der Waals surface area contributed by atoms with Gasteiger partial charge in [-0.1, -0.05) is 19.1 Å². The van der Waals surface area contributed by atoms with Crippen LogP contribution >= 0.6 is 0 Å². The number of aryl methyl sites for hydroxylation is 1. The second-order valence-corrected chi connectivity index (χ2v) is 5.61. The van der Waals surface area contributed by atoms with Gasteiger partial charge in [0.15, 0.2) is 0 Å². The van der Waals surface area contributed by atoms with Crippen molar-refractivity contribution in [2.45, 2.75) is 19.9 Å². The van der Waals surface area contributed by atoms with E-state index in [0.717, 1.165) is 6.42 Å². The Balaban J connectivity index is 1.91. The van der Waals surface area contributed by atoms with Gasteiger partial charge in [0.25, 0.3) is 5.91 Å². The third-order valence-corrected chi connectivity index (χ3v) is 3.67. The van der Waals surface area contributed by atoms with Gasteiger partial charge in [-0.2, -0.15) is 5.10 Å². The van der Waals surface area contributed by atoms with Crippen molar-refractivity contribution < 1.29 is 13.6 Å². The van der Waals surface area contributed by atoms with Gasteiger partial charge in [0.2, 0.25) is 0 Å². The third-order valence-electron chi connectivity index (χ3n) is 3.67. The second kappa shape index (κ2) is 7.25. The zero-order chi connectivity index (χ0) is 17.8. The molecule has 0 saturated carbocycles. The zero-order valence-corrected chi connectivity index (χ0v) is 13.7. The average molecular weight is 341 g/mol. The van der Waals surface area contributed by atoms with Crippen molar-refractivity contribution in [3.05, 3.63) is 71.9 Å². The summed E-state index contributed by atoms with van der Waals surface area (Å²) in [6.07, 6.45) is 0.793. The molecule has 1 amide bonds. The van der Waals surface area contributed by atoms with Crippen LogP contribution in [0.5, 0.6) is 0 Å². The molecule has 1 aromatic heterocycles. The van der Waals surface area contributed by atoms with Gasteiger partial charge in [0.05, 0.1) is 5.69 Å². The highest BCUT2D eigenvalue weighted by molar-refractivity contribution is 6.03. The van der Waals surface area contributed by atoms with Gasteiger partial charge in [-0.25, -0.2) is 8.78 Å². The number of amides is 1. The van der Waals surface area contributed by atoms with Crippen molar-refractivity contribution in [2.24, 2.45) is 0 Å². The first kappa shape index (κ1) is 16.8. The predicted molar refractivity (Wildman–Crippen MR) is 92.3 cm³/mol. The molecule has 3 rings (SSSR count). The van der Waals surface area contributed by atoms with E-state index in [9.17, 15) is 13.6 Å². The highest BCUT2D eigenvalue weighted by atomic mass is 19.1. The lowest BCUT2D eigenvalue weighted by Gasteiger charge is -2.07. The van der Waals surface area contributed by atoms with Crippen LogP contribution in [0.4, 0.5) is 14.5 Å². The summed E-state index contributed by atoms with van der Waals surface area (Å²) in [5.74, 6) is -1.09. The molecule has 0 spiro atoms. The quantitative estimate of drug-likeness (QED) is 0.743. The molecular formula is C19H17F2N3O. The predicted octanol–water partition coefficient (Wildman–Crippen LogP) is 4.49. The Hall–Kier alpha value is -3.02. The number of halogens is 2. The fourth-order valence-electron chi connectivity index (χ4n) is 2.50.